The smallest absolute Gasteiger partial charge is 0.343 e. The van der Waals surface area contributed by atoms with Crippen LogP contribution >= 0.6 is 0 Å². The molecule has 1 amide bonds. The Bertz CT molecular complexity index is 669. The second-order valence-electron chi connectivity index (χ2n) is 6.78. The van der Waals surface area contributed by atoms with Crippen molar-refractivity contribution in [2.75, 3.05) is 39.8 Å². The molecule has 0 unspecified atom stereocenters. The van der Waals surface area contributed by atoms with Crippen LogP contribution in [0.3, 0.4) is 0 Å². The van der Waals surface area contributed by atoms with Gasteiger partial charge >= 0.3 is 5.97 Å². The minimum atomic E-state index is -0.689. The number of nitrogens with zero attached hydrogens (tertiary/aromatic N) is 3. The Morgan fingerprint density at radius 2 is 1.96 bits per heavy atom. The fourth-order valence-electron chi connectivity index (χ4n) is 3.09. The van der Waals surface area contributed by atoms with Gasteiger partial charge in [0.2, 0.25) is 5.91 Å². The number of carbonyl (C=O) groups excluding carboxylic acids is 2. The lowest BCUT2D eigenvalue weighted by molar-refractivity contribution is -0.131. The van der Waals surface area contributed by atoms with E-state index in [-0.39, 0.29) is 18.0 Å². The lowest BCUT2D eigenvalue weighted by atomic mass is 10.2. The summed E-state index contributed by atoms with van der Waals surface area (Å²) in [5.74, 6) is -0.191. The van der Waals surface area contributed by atoms with Gasteiger partial charge in [0.25, 0.3) is 5.56 Å². The molecular weight excluding hydrogens is 322 g/mol. The van der Waals surface area contributed by atoms with Gasteiger partial charge in [-0.15, -0.1) is 0 Å². The van der Waals surface area contributed by atoms with E-state index in [0.717, 1.165) is 26.1 Å². The zero-order valence-corrected chi connectivity index (χ0v) is 15.2. The number of esters is 1. The average molecular weight is 349 g/mol. The van der Waals surface area contributed by atoms with Crippen molar-refractivity contribution in [3.05, 3.63) is 34.2 Å². The van der Waals surface area contributed by atoms with Crippen LogP contribution in [0, 0.1) is 5.92 Å². The summed E-state index contributed by atoms with van der Waals surface area (Å²) in [7, 11) is 1.23. The second kappa shape index (κ2) is 8.80. The van der Waals surface area contributed by atoms with Gasteiger partial charge in [-0.25, -0.2) is 4.79 Å². The van der Waals surface area contributed by atoms with Gasteiger partial charge in [-0.2, -0.15) is 0 Å². The molecule has 0 saturated carbocycles. The van der Waals surface area contributed by atoms with Gasteiger partial charge in [-0.1, -0.05) is 13.8 Å². The van der Waals surface area contributed by atoms with Gasteiger partial charge in [0.05, 0.1) is 7.11 Å². The maximum absolute atomic E-state index is 12.6. The number of ether oxygens (including phenoxy) is 1. The molecule has 0 atom stereocenters. The molecule has 1 fully saturated rings. The van der Waals surface area contributed by atoms with Crippen molar-refractivity contribution < 1.29 is 14.3 Å². The minimum absolute atomic E-state index is 0.0585. The van der Waals surface area contributed by atoms with E-state index >= 15 is 0 Å². The predicted octanol–water partition coefficient (Wildman–Crippen LogP) is 0.825. The Kier molecular flexibility index (Phi) is 6.75. The quantitative estimate of drug-likeness (QED) is 0.736. The molecule has 2 rings (SSSR count). The summed E-state index contributed by atoms with van der Waals surface area (Å²) >= 11 is 0. The van der Waals surface area contributed by atoms with Gasteiger partial charge in [0, 0.05) is 32.4 Å². The summed E-state index contributed by atoms with van der Waals surface area (Å²) in [4.78, 5) is 40.7. The maximum atomic E-state index is 12.6. The van der Waals surface area contributed by atoms with Crippen LogP contribution in [0.25, 0.3) is 0 Å². The molecule has 7 nitrogen and oxygen atoms in total. The summed E-state index contributed by atoms with van der Waals surface area (Å²) < 4.78 is 5.87. The van der Waals surface area contributed by atoms with Crippen LogP contribution in [0.1, 0.15) is 30.6 Å². The Labute approximate surface area is 148 Å². The van der Waals surface area contributed by atoms with Crippen LogP contribution in [0.2, 0.25) is 0 Å². The molecule has 25 heavy (non-hydrogen) atoms. The van der Waals surface area contributed by atoms with Gasteiger partial charge < -0.3 is 19.1 Å². The Morgan fingerprint density at radius 1 is 1.20 bits per heavy atom. The largest absolute Gasteiger partial charge is 0.465 e. The number of rotatable bonds is 5. The molecule has 1 saturated heterocycles. The van der Waals surface area contributed by atoms with Crippen molar-refractivity contribution in [3.63, 3.8) is 0 Å². The summed E-state index contributed by atoms with van der Waals surface area (Å²) in [6, 6.07) is 2.98. The number of carbonyl (C=O) groups is 2. The summed E-state index contributed by atoms with van der Waals surface area (Å²) in [6.45, 7) is 8.54. The molecule has 2 heterocycles. The molecule has 0 aromatic carbocycles. The topological polar surface area (TPSA) is 71.8 Å². The molecule has 0 aliphatic carbocycles. The van der Waals surface area contributed by atoms with Crippen LogP contribution in [0.5, 0.6) is 0 Å². The van der Waals surface area contributed by atoms with E-state index in [4.69, 9.17) is 0 Å². The third-order valence-electron chi connectivity index (χ3n) is 4.30. The van der Waals surface area contributed by atoms with E-state index in [9.17, 15) is 14.4 Å². The molecule has 1 aromatic rings. The van der Waals surface area contributed by atoms with Crippen LogP contribution in [0.15, 0.2) is 23.1 Å². The van der Waals surface area contributed by atoms with Gasteiger partial charge in [0.15, 0.2) is 0 Å². The highest BCUT2D eigenvalue weighted by atomic mass is 16.5. The zero-order valence-electron chi connectivity index (χ0n) is 15.2. The Morgan fingerprint density at radius 3 is 2.64 bits per heavy atom. The van der Waals surface area contributed by atoms with Crippen LogP contribution < -0.4 is 5.56 Å². The van der Waals surface area contributed by atoms with Crippen LogP contribution in [-0.2, 0) is 16.1 Å². The second-order valence-corrected chi connectivity index (χ2v) is 6.78. The third-order valence-corrected chi connectivity index (χ3v) is 4.30. The number of methoxy groups -OCH3 is 1. The minimum Gasteiger partial charge on any atom is -0.465 e. The maximum Gasteiger partial charge on any atom is 0.343 e. The summed E-state index contributed by atoms with van der Waals surface area (Å²) in [5.41, 5.74) is -0.560. The number of pyridine rings is 1. The first kappa shape index (κ1) is 19.2. The van der Waals surface area contributed by atoms with Gasteiger partial charge in [-0.05, 0) is 31.0 Å². The molecule has 1 aliphatic rings. The molecule has 1 aromatic heterocycles. The fraction of sp³-hybridized carbons (Fsp3) is 0.611. The van der Waals surface area contributed by atoms with Crippen molar-refractivity contribution in [1.29, 1.82) is 0 Å². The van der Waals surface area contributed by atoms with Crippen LogP contribution in [-0.4, -0.2) is 66.1 Å². The first-order valence-electron chi connectivity index (χ1n) is 8.70. The average Bonchev–Trinajstić information content (AvgIpc) is 2.81. The third kappa shape index (κ3) is 5.16. The highest BCUT2D eigenvalue weighted by molar-refractivity contribution is 5.88. The Hall–Kier alpha value is -2.15. The van der Waals surface area contributed by atoms with E-state index in [1.54, 1.807) is 11.0 Å². The molecule has 0 spiro atoms. The lowest BCUT2D eigenvalue weighted by Gasteiger charge is -2.23. The SMILES string of the molecule is COC(=O)c1cccn(CC(=O)N2CCCN(CC(C)C)CC2)c1=O. The molecule has 1 aliphatic heterocycles. The zero-order chi connectivity index (χ0) is 18.4. The summed E-state index contributed by atoms with van der Waals surface area (Å²) in [6.07, 6.45) is 2.45. The summed E-state index contributed by atoms with van der Waals surface area (Å²) in [5, 5.41) is 0. The monoisotopic (exact) mass is 349 g/mol. The molecular formula is C18H27N3O4. The van der Waals surface area contributed by atoms with E-state index in [2.05, 4.69) is 23.5 Å². The standard InChI is InChI=1S/C18H27N3O4/c1-14(2)12-19-7-5-9-20(11-10-19)16(22)13-21-8-4-6-15(17(21)23)18(24)25-3/h4,6,8,14H,5,7,9-13H2,1-3H3. The van der Waals surface area contributed by atoms with Crippen molar-refractivity contribution >= 4 is 11.9 Å². The number of aromatic nitrogens is 1. The first-order valence-corrected chi connectivity index (χ1v) is 8.70. The first-order chi connectivity index (χ1) is 11.9. The van der Waals surface area contributed by atoms with Gasteiger partial charge in [0.1, 0.15) is 12.1 Å². The molecule has 0 bridgehead atoms. The van der Waals surface area contributed by atoms with Crippen molar-refractivity contribution in [1.82, 2.24) is 14.4 Å². The normalized spacial score (nSPS) is 15.9. The van der Waals surface area contributed by atoms with E-state index in [1.807, 2.05) is 0 Å². The molecule has 0 N–H and O–H groups in total. The van der Waals surface area contributed by atoms with Gasteiger partial charge in [-0.3, -0.25) is 9.59 Å². The highest BCUT2D eigenvalue weighted by Gasteiger charge is 2.21. The molecule has 0 radical (unpaired) electrons. The van der Waals surface area contributed by atoms with E-state index < -0.39 is 11.5 Å². The van der Waals surface area contributed by atoms with Crippen molar-refractivity contribution in [3.8, 4) is 0 Å². The van der Waals surface area contributed by atoms with Crippen LogP contribution in [0.4, 0.5) is 0 Å². The Balaban J connectivity index is 2.03. The number of hydrogen-bond donors (Lipinski definition) is 0. The number of hydrogen-bond acceptors (Lipinski definition) is 5. The van der Waals surface area contributed by atoms with E-state index in [0.29, 0.717) is 19.0 Å². The van der Waals surface area contributed by atoms with Crippen molar-refractivity contribution in [2.24, 2.45) is 5.92 Å². The number of amides is 1. The fourth-order valence-corrected chi connectivity index (χ4v) is 3.09. The lowest BCUT2D eigenvalue weighted by Crippen LogP contribution is -2.40. The highest BCUT2D eigenvalue weighted by Crippen LogP contribution is 2.07. The van der Waals surface area contributed by atoms with E-state index in [1.165, 1.54) is 23.9 Å². The van der Waals surface area contributed by atoms with Crippen molar-refractivity contribution in [2.45, 2.75) is 26.8 Å². The predicted molar refractivity (Wildman–Crippen MR) is 94.5 cm³/mol. The molecule has 7 heteroatoms. The molecule has 138 valence electrons.